The van der Waals surface area contributed by atoms with Gasteiger partial charge in [0.05, 0.1) is 11.3 Å². The molecule has 5 rings (SSSR count). The third-order valence-corrected chi connectivity index (χ3v) is 5.83. The van der Waals surface area contributed by atoms with E-state index >= 15 is 0 Å². The molecule has 27 heavy (non-hydrogen) atoms. The quantitative estimate of drug-likeness (QED) is 0.763. The van der Waals surface area contributed by atoms with Crippen LogP contribution in [0.3, 0.4) is 0 Å². The van der Waals surface area contributed by atoms with Gasteiger partial charge in [0.1, 0.15) is 5.84 Å². The third kappa shape index (κ3) is 2.46. The van der Waals surface area contributed by atoms with E-state index in [2.05, 4.69) is 18.0 Å². The molecule has 1 N–H and O–H groups in total. The molecular formula is C20H15N3O3S. The predicted molar refractivity (Wildman–Crippen MR) is 105 cm³/mol. The summed E-state index contributed by atoms with van der Waals surface area (Å²) in [6.45, 7) is 4.28. The highest BCUT2D eigenvalue weighted by Gasteiger charge is 2.37. The molecule has 7 heteroatoms. The fraction of sp³-hybridized carbons (Fsp3) is 0.150. The maximum absolute atomic E-state index is 12.6. The van der Waals surface area contributed by atoms with Gasteiger partial charge in [-0.2, -0.15) is 4.99 Å². The highest BCUT2D eigenvalue weighted by Crippen LogP contribution is 2.44. The number of thioether (sulfide) groups is 1. The van der Waals surface area contributed by atoms with Crippen molar-refractivity contribution < 1.29 is 14.3 Å². The number of ether oxygens (including phenoxy) is 2. The number of fused-ring (bicyclic) bond motifs is 4. The summed E-state index contributed by atoms with van der Waals surface area (Å²) in [7, 11) is 0. The minimum absolute atomic E-state index is 0.136. The summed E-state index contributed by atoms with van der Waals surface area (Å²) in [4.78, 5) is 19.6. The Morgan fingerprint density at radius 2 is 1.93 bits per heavy atom. The van der Waals surface area contributed by atoms with Crippen molar-refractivity contribution in [3.8, 4) is 11.5 Å². The first-order valence-corrected chi connectivity index (χ1v) is 9.25. The predicted octanol–water partition coefficient (Wildman–Crippen LogP) is 3.90. The summed E-state index contributed by atoms with van der Waals surface area (Å²) in [5.74, 6) is 1.05. The SMILES string of the molecule is Cc1cc2c(cc1C)N1C(=N)C(=Cc3ccc4c(c3)OCO4)C(=O)N=C1S2. The molecule has 0 spiro atoms. The van der Waals surface area contributed by atoms with Gasteiger partial charge in [-0.15, -0.1) is 0 Å². The highest BCUT2D eigenvalue weighted by atomic mass is 32.2. The number of amidine groups is 2. The number of carbonyl (C=O) groups is 1. The molecule has 134 valence electrons. The lowest BCUT2D eigenvalue weighted by Gasteiger charge is -2.24. The average Bonchev–Trinajstić information content (AvgIpc) is 3.22. The lowest BCUT2D eigenvalue weighted by molar-refractivity contribution is -0.113. The smallest absolute Gasteiger partial charge is 0.283 e. The van der Waals surface area contributed by atoms with E-state index in [-0.39, 0.29) is 18.2 Å². The van der Waals surface area contributed by atoms with E-state index in [1.807, 2.05) is 19.1 Å². The Labute approximate surface area is 160 Å². The number of nitrogens with zero attached hydrogens (tertiary/aromatic N) is 2. The Hall–Kier alpha value is -3.06. The molecule has 0 atom stereocenters. The van der Waals surface area contributed by atoms with E-state index in [9.17, 15) is 4.79 Å². The van der Waals surface area contributed by atoms with E-state index in [4.69, 9.17) is 14.9 Å². The monoisotopic (exact) mass is 377 g/mol. The van der Waals surface area contributed by atoms with Crippen LogP contribution in [0.4, 0.5) is 5.69 Å². The van der Waals surface area contributed by atoms with Crippen molar-refractivity contribution in [2.24, 2.45) is 4.99 Å². The molecule has 0 aromatic heterocycles. The largest absolute Gasteiger partial charge is 0.454 e. The van der Waals surface area contributed by atoms with Gasteiger partial charge in [0.15, 0.2) is 16.7 Å². The number of benzene rings is 2. The first-order valence-electron chi connectivity index (χ1n) is 8.44. The normalized spacial score (nSPS) is 18.7. The molecule has 2 aromatic rings. The molecule has 0 saturated heterocycles. The molecule has 0 saturated carbocycles. The van der Waals surface area contributed by atoms with Crippen LogP contribution in [-0.4, -0.2) is 23.7 Å². The molecule has 0 radical (unpaired) electrons. The molecule has 0 fully saturated rings. The second kappa shape index (κ2) is 5.72. The average molecular weight is 377 g/mol. The minimum atomic E-state index is -0.405. The topological polar surface area (TPSA) is 75.0 Å². The number of aryl methyl sites for hydroxylation is 2. The van der Waals surface area contributed by atoms with E-state index in [1.165, 1.54) is 17.3 Å². The Bertz CT molecular complexity index is 1100. The maximum Gasteiger partial charge on any atom is 0.283 e. The number of hydrogen-bond acceptors (Lipinski definition) is 5. The number of carbonyl (C=O) groups excluding carboxylic acids is 1. The van der Waals surface area contributed by atoms with Crippen LogP contribution in [0.25, 0.3) is 6.08 Å². The first-order chi connectivity index (χ1) is 13.0. The van der Waals surface area contributed by atoms with Gasteiger partial charge in [0.25, 0.3) is 5.91 Å². The third-order valence-electron chi connectivity index (χ3n) is 4.82. The van der Waals surface area contributed by atoms with Gasteiger partial charge < -0.3 is 9.47 Å². The van der Waals surface area contributed by atoms with Crippen LogP contribution in [0, 0.1) is 19.3 Å². The van der Waals surface area contributed by atoms with Crippen LogP contribution < -0.4 is 14.4 Å². The van der Waals surface area contributed by atoms with Gasteiger partial charge in [-0.25, -0.2) is 0 Å². The Morgan fingerprint density at radius 1 is 1.15 bits per heavy atom. The summed E-state index contributed by atoms with van der Waals surface area (Å²) < 4.78 is 10.7. The molecule has 0 unspecified atom stereocenters. The zero-order valence-electron chi connectivity index (χ0n) is 14.7. The van der Waals surface area contributed by atoms with Crippen molar-refractivity contribution in [3.63, 3.8) is 0 Å². The summed E-state index contributed by atoms with van der Waals surface area (Å²) in [5, 5.41) is 9.18. The van der Waals surface area contributed by atoms with Crippen LogP contribution in [0.1, 0.15) is 16.7 Å². The minimum Gasteiger partial charge on any atom is -0.454 e. The molecular weight excluding hydrogens is 362 g/mol. The Kier molecular flexibility index (Phi) is 3.42. The number of hydrogen-bond donors (Lipinski definition) is 1. The van der Waals surface area contributed by atoms with Gasteiger partial charge in [0, 0.05) is 4.90 Å². The second-order valence-corrected chi connectivity index (χ2v) is 7.57. The van der Waals surface area contributed by atoms with E-state index in [0.717, 1.165) is 21.7 Å². The van der Waals surface area contributed by atoms with Gasteiger partial charge in [-0.1, -0.05) is 6.07 Å². The van der Waals surface area contributed by atoms with Crippen LogP contribution in [0.2, 0.25) is 0 Å². The van der Waals surface area contributed by atoms with E-state index in [1.54, 1.807) is 23.1 Å². The molecule has 0 aliphatic carbocycles. The van der Waals surface area contributed by atoms with Gasteiger partial charge >= 0.3 is 0 Å². The number of aliphatic imine (C=N–C) groups is 1. The molecule has 0 bridgehead atoms. The zero-order chi connectivity index (χ0) is 18.7. The van der Waals surface area contributed by atoms with Gasteiger partial charge in [0.2, 0.25) is 6.79 Å². The summed E-state index contributed by atoms with van der Waals surface area (Å²) in [6.07, 6.45) is 1.68. The van der Waals surface area contributed by atoms with Crippen LogP contribution >= 0.6 is 11.8 Å². The Balaban J connectivity index is 1.57. The van der Waals surface area contributed by atoms with Crippen molar-refractivity contribution in [1.29, 1.82) is 5.41 Å². The van der Waals surface area contributed by atoms with Crippen molar-refractivity contribution in [3.05, 3.63) is 52.6 Å². The number of nitrogens with one attached hydrogen (secondary N) is 1. The van der Waals surface area contributed by atoms with Crippen LogP contribution in [0.5, 0.6) is 11.5 Å². The van der Waals surface area contributed by atoms with E-state index < -0.39 is 5.91 Å². The maximum atomic E-state index is 12.6. The standard InChI is InChI=1S/C20H15N3O3S/c1-10-5-14-17(6-11(10)2)27-20-22-19(24)13(18(21)23(14)20)7-12-3-4-15-16(8-12)26-9-25-15/h3-8,21H,9H2,1-2H3. The van der Waals surface area contributed by atoms with Crippen LogP contribution in [0.15, 0.2) is 45.8 Å². The fourth-order valence-corrected chi connectivity index (χ4v) is 4.33. The van der Waals surface area contributed by atoms with E-state index in [0.29, 0.717) is 16.7 Å². The number of rotatable bonds is 1. The second-order valence-electron chi connectivity index (χ2n) is 6.56. The summed E-state index contributed by atoms with van der Waals surface area (Å²) in [6, 6.07) is 9.56. The molecule has 3 aliphatic rings. The van der Waals surface area contributed by atoms with Gasteiger partial charge in [-0.05, 0) is 72.6 Å². The number of anilines is 1. The van der Waals surface area contributed by atoms with Gasteiger partial charge in [-0.3, -0.25) is 15.1 Å². The van der Waals surface area contributed by atoms with Crippen molar-refractivity contribution in [2.45, 2.75) is 18.7 Å². The fourth-order valence-electron chi connectivity index (χ4n) is 3.24. The summed E-state index contributed by atoms with van der Waals surface area (Å²) in [5.41, 5.74) is 4.23. The van der Waals surface area contributed by atoms with Crippen molar-refractivity contribution in [2.75, 3.05) is 11.7 Å². The summed E-state index contributed by atoms with van der Waals surface area (Å²) >= 11 is 1.43. The highest BCUT2D eigenvalue weighted by molar-refractivity contribution is 8.15. The zero-order valence-corrected chi connectivity index (χ0v) is 15.5. The molecule has 2 aromatic carbocycles. The Morgan fingerprint density at radius 3 is 2.78 bits per heavy atom. The first kappa shape index (κ1) is 16.1. The molecule has 1 amide bonds. The van der Waals surface area contributed by atoms with Crippen molar-refractivity contribution >= 4 is 40.4 Å². The molecule has 3 heterocycles. The van der Waals surface area contributed by atoms with Crippen LogP contribution in [-0.2, 0) is 4.79 Å². The van der Waals surface area contributed by atoms with Crippen molar-refractivity contribution in [1.82, 2.24) is 0 Å². The molecule has 3 aliphatic heterocycles. The lowest BCUT2D eigenvalue weighted by atomic mass is 10.1. The molecule has 6 nitrogen and oxygen atoms in total. The lowest BCUT2D eigenvalue weighted by Crippen LogP contribution is -2.39. The number of amides is 1.